The van der Waals surface area contributed by atoms with Crippen molar-refractivity contribution in [3.8, 4) is 5.75 Å². The minimum Gasteiger partial charge on any atom is -0.489 e. The minimum absolute atomic E-state index is 0.156. The van der Waals surface area contributed by atoms with E-state index < -0.39 is 0 Å². The maximum atomic E-state index is 6.18. The van der Waals surface area contributed by atoms with Crippen molar-refractivity contribution in [3.63, 3.8) is 0 Å². The first kappa shape index (κ1) is 18.6. The largest absolute Gasteiger partial charge is 0.489 e. The highest BCUT2D eigenvalue weighted by molar-refractivity contribution is 6.41. The zero-order chi connectivity index (χ0) is 17.9. The predicted octanol–water partition coefficient (Wildman–Crippen LogP) is 6.41. The second-order valence-electron chi connectivity index (χ2n) is 5.94. The van der Waals surface area contributed by atoms with Gasteiger partial charge in [-0.05, 0) is 26.0 Å². The van der Waals surface area contributed by atoms with Crippen molar-refractivity contribution in [2.75, 3.05) is 0 Å². The van der Waals surface area contributed by atoms with Gasteiger partial charge in [0.2, 0.25) is 0 Å². The Labute approximate surface area is 152 Å². The van der Waals surface area contributed by atoms with E-state index in [0.29, 0.717) is 27.9 Å². The van der Waals surface area contributed by atoms with Crippen LogP contribution in [-0.2, 0) is 6.61 Å². The third-order valence-corrected chi connectivity index (χ3v) is 3.98. The number of ether oxygens (including phenoxy) is 1. The molecule has 2 aromatic rings. The van der Waals surface area contributed by atoms with Gasteiger partial charge in [-0.1, -0.05) is 66.5 Å². The van der Waals surface area contributed by atoms with E-state index in [9.17, 15) is 0 Å². The summed E-state index contributed by atoms with van der Waals surface area (Å²) in [5.74, 6) is 1.69. The highest BCUT2D eigenvalue weighted by Gasteiger charge is 2.24. The fourth-order valence-electron chi connectivity index (χ4n) is 2.38. The normalized spacial score (nSPS) is 12.3. The van der Waals surface area contributed by atoms with Crippen LogP contribution in [0.2, 0.25) is 0 Å². The number of halogens is 2. The van der Waals surface area contributed by atoms with Crippen LogP contribution in [0.15, 0.2) is 45.4 Å². The third kappa shape index (κ3) is 4.22. The summed E-state index contributed by atoms with van der Waals surface area (Å²) in [5.41, 5.74) is 3.18. The van der Waals surface area contributed by atoms with Crippen molar-refractivity contribution in [3.05, 3.63) is 63.5 Å². The lowest BCUT2D eigenvalue weighted by molar-refractivity contribution is 0.298. The van der Waals surface area contributed by atoms with Gasteiger partial charge in [-0.3, -0.25) is 0 Å². The first-order valence-electron chi connectivity index (χ1n) is 7.70. The van der Waals surface area contributed by atoms with Gasteiger partial charge in [0.1, 0.15) is 23.8 Å². The molecule has 0 amide bonds. The van der Waals surface area contributed by atoms with E-state index in [1.165, 1.54) is 5.56 Å². The van der Waals surface area contributed by atoms with Gasteiger partial charge in [-0.2, -0.15) is 0 Å². The summed E-state index contributed by atoms with van der Waals surface area (Å²) in [7, 11) is 0. The molecule has 1 aromatic carbocycles. The molecule has 0 aliphatic rings. The van der Waals surface area contributed by atoms with Gasteiger partial charge in [-0.25, -0.2) is 0 Å². The lowest BCUT2D eigenvalue weighted by atomic mass is 10.0. The SMILES string of the molecule is C=C(Cl)/C(=C(\C)Cl)c1noc(C(C)C)c1COc1ccc(C)cc1. The van der Waals surface area contributed by atoms with E-state index in [2.05, 4.69) is 11.7 Å². The molecule has 1 aromatic heterocycles. The van der Waals surface area contributed by atoms with Crippen LogP contribution >= 0.6 is 23.2 Å². The van der Waals surface area contributed by atoms with Gasteiger partial charge in [0.25, 0.3) is 0 Å². The molecule has 0 fully saturated rings. The summed E-state index contributed by atoms with van der Waals surface area (Å²) in [6.45, 7) is 11.9. The number of hydrogen-bond acceptors (Lipinski definition) is 3. The van der Waals surface area contributed by atoms with Gasteiger partial charge >= 0.3 is 0 Å². The number of benzene rings is 1. The highest BCUT2D eigenvalue weighted by Crippen LogP contribution is 2.35. The lowest BCUT2D eigenvalue weighted by Gasteiger charge is -2.11. The Morgan fingerprint density at radius 3 is 2.38 bits per heavy atom. The average molecular weight is 366 g/mol. The maximum absolute atomic E-state index is 6.18. The van der Waals surface area contributed by atoms with Crippen LogP contribution in [0.4, 0.5) is 0 Å². The third-order valence-electron chi connectivity index (χ3n) is 3.60. The Balaban J connectivity index is 2.39. The molecule has 0 unspecified atom stereocenters. The molecule has 0 N–H and O–H groups in total. The molecule has 0 saturated heterocycles. The molecule has 0 saturated carbocycles. The number of aryl methyl sites for hydroxylation is 1. The first-order chi connectivity index (χ1) is 11.3. The van der Waals surface area contributed by atoms with Crippen LogP contribution in [0.25, 0.3) is 5.57 Å². The molecule has 128 valence electrons. The Kier molecular flexibility index (Phi) is 6.14. The molecule has 0 spiro atoms. The van der Waals surface area contributed by atoms with Crippen molar-refractivity contribution in [1.82, 2.24) is 5.16 Å². The van der Waals surface area contributed by atoms with Gasteiger partial charge in [0.05, 0.1) is 5.56 Å². The summed E-state index contributed by atoms with van der Waals surface area (Å²) in [6, 6.07) is 7.87. The molecule has 0 aliphatic carbocycles. The molecular formula is C19H21Cl2NO2. The molecule has 0 radical (unpaired) electrons. The quantitative estimate of drug-likeness (QED) is 0.554. The topological polar surface area (TPSA) is 35.3 Å². The van der Waals surface area contributed by atoms with Crippen LogP contribution in [0.1, 0.15) is 49.3 Å². The van der Waals surface area contributed by atoms with Crippen molar-refractivity contribution in [1.29, 1.82) is 0 Å². The van der Waals surface area contributed by atoms with Crippen molar-refractivity contribution in [2.24, 2.45) is 0 Å². The highest BCUT2D eigenvalue weighted by atomic mass is 35.5. The first-order valence-corrected chi connectivity index (χ1v) is 8.46. The summed E-state index contributed by atoms with van der Waals surface area (Å²) in [5, 5.41) is 5.00. The number of rotatable bonds is 6. The van der Waals surface area contributed by atoms with Crippen molar-refractivity contribution < 1.29 is 9.26 Å². The van der Waals surface area contributed by atoms with Gasteiger partial charge in [-0.15, -0.1) is 0 Å². The lowest BCUT2D eigenvalue weighted by Crippen LogP contribution is -2.03. The average Bonchev–Trinajstić information content (AvgIpc) is 2.89. The van der Waals surface area contributed by atoms with E-state index >= 15 is 0 Å². The van der Waals surface area contributed by atoms with E-state index in [1.54, 1.807) is 6.92 Å². The molecule has 0 aliphatic heterocycles. The molecule has 5 heteroatoms. The summed E-state index contributed by atoms with van der Waals surface area (Å²) in [6.07, 6.45) is 0. The van der Waals surface area contributed by atoms with E-state index in [0.717, 1.165) is 17.1 Å². The molecule has 0 atom stereocenters. The Morgan fingerprint density at radius 1 is 1.25 bits per heavy atom. The van der Waals surface area contributed by atoms with Gasteiger partial charge < -0.3 is 9.26 Å². The van der Waals surface area contributed by atoms with Crippen LogP contribution in [0, 0.1) is 6.92 Å². The van der Waals surface area contributed by atoms with Gasteiger partial charge in [0, 0.05) is 21.6 Å². The summed E-state index contributed by atoms with van der Waals surface area (Å²) in [4.78, 5) is 0. The predicted molar refractivity (Wildman–Crippen MR) is 99.5 cm³/mol. The standard InChI is InChI=1S/C19H21Cl2NO2/c1-11(2)19-16(10-23-15-8-6-12(3)7-9-15)18(22-24-19)17(13(4)20)14(5)21/h6-9,11H,4,10H2,1-3,5H3/b17-14-. The van der Waals surface area contributed by atoms with Crippen molar-refractivity contribution in [2.45, 2.75) is 40.2 Å². The number of nitrogens with zero attached hydrogens (tertiary/aromatic N) is 1. The fraction of sp³-hybridized carbons (Fsp3) is 0.316. The van der Waals surface area contributed by atoms with Crippen LogP contribution < -0.4 is 4.74 Å². The van der Waals surface area contributed by atoms with E-state index in [-0.39, 0.29) is 5.92 Å². The number of hydrogen-bond donors (Lipinski definition) is 0. The van der Waals surface area contributed by atoms with E-state index in [4.69, 9.17) is 32.5 Å². The van der Waals surface area contributed by atoms with Crippen LogP contribution in [0.5, 0.6) is 5.75 Å². The second-order valence-corrected chi connectivity index (χ2v) is 6.97. The van der Waals surface area contributed by atoms with E-state index in [1.807, 2.05) is 45.0 Å². The maximum Gasteiger partial charge on any atom is 0.146 e. The van der Waals surface area contributed by atoms with Crippen molar-refractivity contribution >= 4 is 28.8 Å². The fourth-order valence-corrected chi connectivity index (χ4v) is 2.86. The second kappa shape index (κ2) is 7.91. The van der Waals surface area contributed by atoms with Gasteiger partial charge in [0.15, 0.2) is 0 Å². The summed E-state index contributed by atoms with van der Waals surface area (Å²) < 4.78 is 11.4. The monoisotopic (exact) mass is 365 g/mol. The van der Waals surface area contributed by atoms with Crippen LogP contribution in [-0.4, -0.2) is 5.16 Å². The Hall–Kier alpha value is -1.71. The van der Waals surface area contributed by atoms with Crippen LogP contribution in [0.3, 0.4) is 0 Å². The molecule has 1 heterocycles. The number of allylic oxidation sites excluding steroid dienone is 3. The molecule has 2 rings (SSSR count). The zero-order valence-corrected chi connectivity index (χ0v) is 15.8. The number of aromatic nitrogens is 1. The minimum atomic E-state index is 0.156. The smallest absolute Gasteiger partial charge is 0.146 e. The summed E-state index contributed by atoms with van der Waals surface area (Å²) >= 11 is 12.3. The molecule has 3 nitrogen and oxygen atoms in total. The molecule has 24 heavy (non-hydrogen) atoms. The Morgan fingerprint density at radius 2 is 1.88 bits per heavy atom. The Bertz CT molecular complexity index is 754. The molecule has 0 bridgehead atoms. The zero-order valence-electron chi connectivity index (χ0n) is 14.3. The molecular weight excluding hydrogens is 345 g/mol.